The van der Waals surface area contributed by atoms with E-state index in [4.69, 9.17) is 27.9 Å². The lowest BCUT2D eigenvalue weighted by Gasteiger charge is -2.33. The summed E-state index contributed by atoms with van der Waals surface area (Å²) in [4.78, 5) is 6.77. The number of nitrogens with zero attached hydrogens (tertiary/aromatic N) is 2. The number of piperidine rings is 1. The number of nitrogens with one attached hydrogen (secondary N) is 1. The lowest BCUT2D eigenvalue weighted by atomic mass is 10.1. The zero-order valence-electron chi connectivity index (χ0n) is 12.0. The topological polar surface area (TPSA) is 37.4 Å². The van der Waals surface area contributed by atoms with Crippen molar-refractivity contribution >= 4 is 34.8 Å². The Labute approximate surface area is 130 Å². The summed E-state index contributed by atoms with van der Waals surface area (Å²) in [6, 6.07) is 1.76. The van der Waals surface area contributed by atoms with Crippen molar-refractivity contribution < 1.29 is 4.74 Å². The molecule has 1 unspecified atom stereocenters. The minimum atomic E-state index is 0.240. The van der Waals surface area contributed by atoms with E-state index in [2.05, 4.69) is 22.1 Å². The van der Waals surface area contributed by atoms with Gasteiger partial charge in [0.2, 0.25) is 0 Å². The van der Waals surface area contributed by atoms with Crippen LogP contribution < -0.4 is 10.2 Å². The molecule has 1 aliphatic rings. The van der Waals surface area contributed by atoms with Crippen LogP contribution in [0.2, 0.25) is 10.0 Å². The summed E-state index contributed by atoms with van der Waals surface area (Å²) in [5, 5.41) is 4.39. The third kappa shape index (κ3) is 3.68. The number of hydrogen-bond acceptors (Lipinski definition) is 4. The third-order valence-electron chi connectivity index (χ3n) is 3.46. The second kappa shape index (κ2) is 7.34. The molecular weight excluding hydrogens is 297 g/mol. The van der Waals surface area contributed by atoms with Gasteiger partial charge in [-0.2, -0.15) is 0 Å². The van der Waals surface area contributed by atoms with Gasteiger partial charge in [-0.25, -0.2) is 4.98 Å². The number of aromatic nitrogens is 1. The van der Waals surface area contributed by atoms with E-state index in [0.717, 1.165) is 44.7 Å². The smallest absolute Gasteiger partial charge is 0.150 e. The van der Waals surface area contributed by atoms with E-state index in [1.54, 1.807) is 13.2 Å². The molecular formula is C14H21Cl2N3O. The van der Waals surface area contributed by atoms with Crippen LogP contribution in [0, 0.1) is 0 Å². The molecule has 1 fully saturated rings. The van der Waals surface area contributed by atoms with Crippen molar-refractivity contribution in [2.75, 3.05) is 37.0 Å². The molecule has 0 radical (unpaired) electrons. The number of halogens is 2. The van der Waals surface area contributed by atoms with E-state index in [1.165, 1.54) is 0 Å². The summed E-state index contributed by atoms with van der Waals surface area (Å²) in [5.41, 5.74) is 0. The van der Waals surface area contributed by atoms with E-state index in [1.807, 2.05) is 0 Å². The highest BCUT2D eigenvalue weighted by molar-refractivity contribution is 6.37. The molecule has 1 aromatic rings. The summed E-state index contributed by atoms with van der Waals surface area (Å²) in [7, 11) is 1.75. The molecule has 0 spiro atoms. The van der Waals surface area contributed by atoms with Gasteiger partial charge in [-0.1, -0.05) is 30.1 Å². The molecule has 1 atom stereocenters. The number of pyridine rings is 1. The summed E-state index contributed by atoms with van der Waals surface area (Å²) in [6.45, 7) is 4.71. The molecule has 0 bridgehead atoms. The maximum absolute atomic E-state index is 6.30. The first-order valence-electron chi connectivity index (χ1n) is 7.03. The van der Waals surface area contributed by atoms with Gasteiger partial charge in [-0.15, -0.1) is 0 Å². The largest absolute Gasteiger partial charge is 0.380 e. The normalized spacial score (nSPS) is 19.2. The minimum Gasteiger partial charge on any atom is -0.380 e. The Morgan fingerprint density at radius 2 is 2.25 bits per heavy atom. The van der Waals surface area contributed by atoms with Crippen LogP contribution in [-0.2, 0) is 4.74 Å². The maximum atomic E-state index is 6.30. The molecule has 20 heavy (non-hydrogen) atoms. The first-order valence-corrected chi connectivity index (χ1v) is 7.79. The highest BCUT2D eigenvalue weighted by atomic mass is 35.5. The summed E-state index contributed by atoms with van der Waals surface area (Å²) >= 11 is 12.5. The van der Waals surface area contributed by atoms with Crippen LogP contribution >= 0.6 is 23.2 Å². The van der Waals surface area contributed by atoms with Crippen LogP contribution in [0.15, 0.2) is 6.07 Å². The summed E-state index contributed by atoms with van der Waals surface area (Å²) in [5.74, 6) is 1.49. The second-order valence-electron chi connectivity index (χ2n) is 5.00. The van der Waals surface area contributed by atoms with Crippen molar-refractivity contribution in [1.82, 2.24) is 4.98 Å². The third-order valence-corrected chi connectivity index (χ3v) is 4.03. The van der Waals surface area contributed by atoms with Crippen molar-refractivity contribution in [3.05, 3.63) is 16.1 Å². The molecule has 2 heterocycles. The van der Waals surface area contributed by atoms with Gasteiger partial charge in [0.05, 0.1) is 16.1 Å². The zero-order chi connectivity index (χ0) is 14.5. The van der Waals surface area contributed by atoms with Crippen molar-refractivity contribution in [2.45, 2.75) is 32.3 Å². The Bertz CT molecular complexity index is 456. The SMILES string of the molecule is CCCNc1nc(N2CCCC(OC)C2)c(Cl)cc1Cl. The Morgan fingerprint density at radius 1 is 1.45 bits per heavy atom. The molecule has 1 saturated heterocycles. The van der Waals surface area contributed by atoms with E-state index in [0.29, 0.717) is 15.9 Å². The number of rotatable bonds is 5. The standard InChI is InChI=1S/C14H21Cl2N3O/c1-3-6-17-13-11(15)8-12(16)14(18-13)19-7-4-5-10(9-19)20-2/h8,10H,3-7,9H2,1-2H3,(H,17,18). The maximum Gasteiger partial charge on any atom is 0.150 e. The van der Waals surface area contributed by atoms with Gasteiger partial charge >= 0.3 is 0 Å². The first-order chi connectivity index (χ1) is 9.65. The van der Waals surface area contributed by atoms with Crippen LogP contribution in [-0.4, -0.2) is 37.8 Å². The summed E-state index contributed by atoms with van der Waals surface area (Å²) in [6.07, 6.45) is 3.42. The fourth-order valence-corrected chi connectivity index (χ4v) is 2.91. The van der Waals surface area contributed by atoms with Gasteiger partial charge in [0.1, 0.15) is 11.6 Å². The average Bonchev–Trinajstić information content (AvgIpc) is 2.46. The second-order valence-corrected chi connectivity index (χ2v) is 5.81. The Hall–Kier alpha value is -0.710. The van der Waals surface area contributed by atoms with Gasteiger partial charge in [0.25, 0.3) is 0 Å². The highest BCUT2D eigenvalue weighted by Gasteiger charge is 2.23. The Balaban J connectivity index is 2.21. The van der Waals surface area contributed by atoms with Gasteiger partial charge in [-0.3, -0.25) is 0 Å². The van der Waals surface area contributed by atoms with Crippen LogP contribution in [0.25, 0.3) is 0 Å². The molecule has 1 N–H and O–H groups in total. The molecule has 0 saturated carbocycles. The van der Waals surface area contributed by atoms with Gasteiger partial charge in [0.15, 0.2) is 0 Å². The number of ether oxygens (including phenoxy) is 1. The van der Waals surface area contributed by atoms with Crippen molar-refractivity contribution in [3.63, 3.8) is 0 Å². The van der Waals surface area contributed by atoms with Crippen LogP contribution in [0.5, 0.6) is 0 Å². The Kier molecular flexibility index (Phi) is 5.75. The van der Waals surface area contributed by atoms with Crippen molar-refractivity contribution in [2.24, 2.45) is 0 Å². The molecule has 4 nitrogen and oxygen atoms in total. The van der Waals surface area contributed by atoms with E-state index < -0.39 is 0 Å². The van der Waals surface area contributed by atoms with Crippen LogP contribution in [0.1, 0.15) is 26.2 Å². The lowest BCUT2D eigenvalue weighted by Crippen LogP contribution is -2.39. The summed E-state index contributed by atoms with van der Waals surface area (Å²) < 4.78 is 5.45. The molecule has 2 rings (SSSR count). The molecule has 0 aromatic carbocycles. The highest BCUT2D eigenvalue weighted by Crippen LogP contribution is 2.33. The predicted molar refractivity (Wildman–Crippen MR) is 85.3 cm³/mol. The van der Waals surface area contributed by atoms with E-state index in [9.17, 15) is 0 Å². The van der Waals surface area contributed by atoms with Crippen LogP contribution in [0.4, 0.5) is 11.6 Å². The zero-order valence-corrected chi connectivity index (χ0v) is 13.5. The molecule has 1 aromatic heterocycles. The average molecular weight is 318 g/mol. The fraction of sp³-hybridized carbons (Fsp3) is 0.643. The van der Waals surface area contributed by atoms with E-state index >= 15 is 0 Å². The molecule has 6 heteroatoms. The molecule has 0 aliphatic carbocycles. The van der Waals surface area contributed by atoms with Gasteiger partial charge in [-0.05, 0) is 25.3 Å². The number of methoxy groups -OCH3 is 1. The minimum absolute atomic E-state index is 0.240. The predicted octanol–water partition coefficient (Wildman–Crippen LogP) is 3.83. The van der Waals surface area contributed by atoms with Crippen molar-refractivity contribution in [1.29, 1.82) is 0 Å². The van der Waals surface area contributed by atoms with E-state index in [-0.39, 0.29) is 6.10 Å². The van der Waals surface area contributed by atoms with Gasteiger partial charge < -0.3 is 15.0 Å². The number of hydrogen-bond donors (Lipinski definition) is 1. The quantitative estimate of drug-likeness (QED) is 0.895. The van der Waals surface area contributed by atoms with Crippen LogP contribution in [0.3, 0.4) is 0 Å². The molecule has 1 aliphatic heterocycles. The monoisotopic (exact) mass is 317 g/mol. The fourth-order valence-electron chi connectivity index (χ4n) is 2.37. The number of anilines is 2. The molecule has 112 valence electrons. The molecule has 0 amide bonds. The Morgan fingerprint density at radius 3 is 2.95 bits per heavy atom. The first kappa shape index (κ1) is 15.7. The van der Waals surface area contributed by atoms with Crippen molar-refractivity contribution in [3.8, 4) is 0 Å². The lowest BCUT2D eigenvalue weighted by molar-refractivity contribution is 0.0891. The van der Waals surface area contributed by atoms with Gasteiger partial charge in [0, 0.05) is 26.7 Å².